The van der Waals surface area contributed by atoms with Gasteiger partial charge in [-0.25, -0.2) is 0 Å². The van der Waals surface area contributed by atoms with E-state index < -0.39 is 17.9 Å². The van der Waals surface area contributed by atoms with Crippen LogP contribution in [0.3, 0.4) is 0 Å². The number of likely N-dealkylation sites (tertiary alicyclic amines) is 1. The van der Waals surface area contributed by atoms with Crippen LogP contribution in [0.5, 0.6) is 0 Å². The van der Waals surface area contributed by atoms with Crippen molar-refractivity contribution in [3.8, 4) is 0 Å². The Labute approximate surface area is 191 Å². The first-order chi connectivity index (χ1) is 15.6. The second-order valence-electron chi connectivity index (χ2n) is 8.47. The second-order valence-corrected chi connectivity index (χ2v) is 8.47. The van der Waals surface area contributed by atoms with Crippen LogP contribution >= 0.6 is 0 Å². The molecule has 1 aliphatic carbocycles. The molecule has 0 radical (unpaired) electrons. The van der Waals surface area contributed by atoms with Gasteiger partial charge in [-0.2, -0.15) is 0 Å². The number of carbonyl (C=O) groups excluding carboxylic acids is 4. The van der Waals surface area contributed by atoms with Gasteiger partial charge in [0.05, 0.1) is 0 Å². The standard InChI is InChI=1S/C15H18N2O4.C7H13NO4/c18-12-5-6-13(19)16(12)9-10-1-3-11(4-2-10)17-14(20)7-8-15(17)21;8-4-2-1-3-5(6(9)10)7(11)12/h5-6,10-11H,1-4,7-9H2;5H,1-4,8H2,(H,9,10)(H,11,12). The summed E-state index contributed by atoms with van der Waals surface area (Å²) in [4.78, 5) is 69.9. The Hall–Kier alpha value is -3.08. The van der Waals surface area contributed by atoms with Crippen molar-refractivity contribution in [3.63, 3.8) is 0 Å². The summed E-state index contributed by atoms with van der Waals surface area (Å²) in [6.07, 6.45) is 7.83. The van der Waals surface area contributed by atoms with Gasteiger partial charge < -0.3 is 15.9 Å². The van der Waals surface area contributed by atoms with Gasteiger partial charge in [-0.1, -0.05) is 6.42 Å². The van der Waals surface area contributed by atoms with Crippen molar-refractivity contribution in [1.29, 1.82) is 0 Å². The van der Waals surface area contributed by atoms with Gasteiger partial charge >= 0.3 is 11.9 Å². The van der Waals surface area contributed by atoms with Crippen LogP contribution in [0.4, 0.5) is 0 Å². The smallest absolute Gasteiger partial charge is 0.317 e. The van der Waals surface area contributed by atoms with Crippen LogP contribution in [0.15, 0.2) is 12.2 Å². The van der Waals surface area contributed by atoms with E-state index >= 15 is 0 Å². The fourth-order valence-corrected chi connectivity index (χ4v) is 4.30. The highest BCUT2D eigenvalue weighted by Crippen LogP contribution is 2.31. The van der Waals surface area contributed by atoms with Crippen LogP contribution in [0.25, 0.3) is 0 Å². The lowest BCUT2D eigenvalue weighted by Gasteiger charge is -2.34. The number of nitrogens with two attached hydrogens (primary N) is 1. The lowest BCUT2D eigenvalue weighted by atomic mass is 9.85. The van der Waals surface area contributed by atoms with Crippen molar-refractivity contribution in [1.82, 2.24) is 9.80 Å². The Morgan fingerprint density at radius 1 is 0.909 bits per heavy atom. The van der Waals surface area contributed by atoms with Crippen LogP contribution < -0.4 is 5.73 Å². The summed E-state index contributed by atoms with van der Waals surface area (Å²) in [5.74, 6) is -4.17. The van der Waals surface area contributed by atoms with E-state index in [0.717, 1.165) is 25.7 Å². The number of carboxylic acids is 2. The first-order valence-electron chi connectivity index (χ1n) is 11.2. The van der Waals surface area contributed by atoms with Crippen molar-refractivity contribution in [2.75, 3.05) is 13.1 Å². The summed E-state index contributed by atoms with van der Waals surface area (Å²) in [6.45, 7) is 0.908. The first kappa shape index (κ1) is 26.2. The minimum absolute atomic E-state index is 0.00635. The number of aliphatic carboxylic acids is 2. The van der Waals surface area contributed by atoms with Crippen LogP contribution in [0, 0.1) is 11.8 Å². The Morgan fingerprint density at radius 3 is 1.88 bits per heavy atom. The molecule has 182 valence electrons. The van der Waals surface area contributed by atoms with E-state index in [2.05, 4.69) is 0 Å². The van der Waals surface area contributed by atoms with Gasteiger partial charge in [-0.05, 0) is 51.0 Å². The largest absolute Gasteiger partial charge is 0.481 e. The summed E-state index contributed by atoms with van der Waals surface area (Å²) in [5, 5.41) is 16.9. The second kappa shape index (κ2) is 12.2. The van der Waals surface area contributed by atoms with Crippen molar-refractivity contribution in [2.45, 2.75) is 63.8 Å². The Morgan fingerprint density at radius 2 is 1.42 bits per heavy atom. The number of imide groups is 2. The first-order valence-corrected chi connectivity index (χ1v) is 11.2. The van der Waals surface area contributed by atoms with E-state index in [9.17, 15) is 28.8 Å². The number of hydrogen-bond acceptors (Lipinski definition) is 7. The molecule has 4 amide bonds. The van der Waals surface area contributed by atoms with Gasteiger partial charge in [0.25, 0.3) is 11.8 Å². The zero-order valence-electron chi connectivity index (χ0n) is 18.5. The third-order valence-electron chi connectivity index (χ3n) is 6.16. The summed E-state index contributed by atoms with van der Waals surface area (Å²) in [7, 11) is 0. The third kappa shape index (κ3) is 7.21. The maximum absolute atomic E-state index is 11.7. The molecule has 11 heteroatoms. The quantitative estimate of drug-likeness (QED) is 0.249. The summed E-state index contributed by atoms with van der Waals surface area (Å²) in [6, 6.07) is 0.00635. The highest BCUT2D eigenvalue weighted by Gasteiger charge is 2.37. The molecule has 0 bridgehead atoms. The molecule has 0 aromatic heterocycles. The van der Waals surface area contributed by atoms with Crippen LogP contribution in [0.1, 0.15) is 57.8 Å². The normalized spacial score (nSPS) is 22.7. The molecule has 2 fully saturated rings. The Bertz CT molecular complexity index is 768. The minimum Gasteiger partial charge on any atom is -0.481 e. The van der Waals surface area contributed by atoms with E-state index in [4.69, 9.17) is 15.9 Å². The molecule has 0 spiro atoms. The molecule has 1 saturated heterocycles. The number of nitrogens with zero attached hydrogens (tertiary/aromatic N) is 2. The summed E-state index contributed by atoms with van der Waals surface area (Å²) >= 11 is 0. The molecule has 2 aliphatic heterocycles. The lowest BCUT2D eigenvalue weighted by Crippen LogP contribution is -2.43. The molecule has 2 heterocycles. The van der Waals surface area contributed by atoms with E-state index in [1.165, 1.54) is 22.0 Å². The average Bonchev–Trinajstić information content (AvgIpc) is 3.27. The Balaban J connectivity index is 0.000000277. The van der Waals surface area contributed by atoms with Gasteiger partial charge in [0.2, 0.25) is 11.8 Å². The molecule has 11 nitrogen and oxygen atoms in total. The monoisotopic (exact) mass is 465 g/mol. The molecule has 33 heavy (non-hydrogen) atoms. The molecule has 0 aromatic rings. The fourth-order valence-electron chi connectivity index (χ4n) is 4.30. The lowest BCUT2D eigenvalue weighted by molar-refractivity contribution is -0.155. The van der Waals surface area contributed by atoms with Gasteiger partial charge in [-0.15, -0.1) is 0 Å². The SMILES string of the molecule is NCCCCC(C(=O)O)C(=O)O.O=C1C=CC(=O)N1CC1CCC(N2C(=O)CCC2=O)CC1. The molecule has 1 saturated carbocycles. The molecule has 0 unspecified atom stereocenters. The summed E-state index contributed by atoms with van der Waals surface area (Å²) in [5.41, 5.74) is 5.17. The van der Waals surface area contributed by atoms with Crippen molar-refractivity contribution in [3.05, 3.63) is 12.2 Å². The highest BCUT2D eigenvalue weighted by atomic mass is 16.4. The van der Waals surface area contributed by atoms with E-state index in [1.54, 1.807) is 0 Å². The maximum atomic E-state index is 11.7. The molecule has 0 aromatic carbocycles. The summed E-state index contributed by atoms with van der Waals surface area (Å²) < 4.78 is 0. The zero-order chi connectivity index (χ0) is 24.5. The van der Waals surface area contributed by atoms with E-state index in [-0.39, 0.29) is 42.0 Å². The fraction of sp³-hybridized carbons (Fsp3) is 0.636. The van der Waals surface area contributed by atoms with Crippen molar-refractivity contribution < 1.29 is 39.0 Å². The number of unbranched alkanes of at least 4 members (excludes halogenated alkanes) is 1. The number of carbonyl (C=O) groups is 6. The minimum atomic E-state index is -1.28. The number of rotatable bonds is 9. The van der Waals surface area contributed by atoms with Crippen LogP contribution in [-0.4, -0.2) is 74.7 Å². The van der Waals surface area contributed by atoms with Crippen LogP contribution in [-0.2, 0) is 28.8 Å². The van der Waals surface area contributed by atoms with E-state index in [0.29, 0.717) is 38.8 Å². The maximum Gasteiger partial charge on any atom is 0.317 e. The van der Waals surface area contributed by atoms with Gasteiger partial charge in [0.15, 0.2) is 5.92 Å². The molecule has 0 atom stereocenters. The predicted molar refractivity (Wildman–Crippen MR) is 114 cm³/mol. The van der Waals surface area contributed by atoms with Gasteiger partial charge in [-0.3, -0.25) is 38.6 Å². The predicted octanol–water partition coefficient (Wildman–Crippen LogP) is 0.520. The van der Waals surface area contributed by atoms with Gasteiger partial charge in [0, 0.05) is 37.6 Å². The molecular weight excluding hydrogens is 434 g/mol. The van der Waals surface area contributed by atoms with Crippen molar-refractivity contribution >= 4 is 35.6 Å². The molecule has 4 N–H and O–H groups in total. The number of hydrogen-bond donors (Lipinski definition) is 3. The van der Waals surface area contributed by atoms with Crippen LogP contribution in [0.2, 0.25) is 0 Å². The highest BCUT2D eigenvalue weighted by molar-refractivity contribution is 6.12. The van der Waals surface area contributed by atoms with E-state index in [1.807, 2.05) is 0 Å². The number of carboxylic acid groups (broad SMARTS) is 2. The number of amides is 4. The van der Waals surface area contributed by atoms with Gasteiger partial charge in [0.1, 0.15) is 0 Å². The molecule has 3 aliphatic rings. The molecular formula is C22H31N3O8. The topological polar surface area (TPSA) is 175 Å². The molecule has 3 rings (SSSR count). The Kier molecular flexibility index (Phi) is 9.71. The van der Waals surface area contributed by atoms with Crippen molar-refractivity contribution in [2.24, 2.45) is 17.6 Å². The zero-order valence-corrected chi connectivity index (χ0v) is 18.5. The average molecular weight is 466 g/mol. The third-order valence-corrected chi connectivity index (χ3v) is 6.16.